The third-order valence-corrected chi connectivity index (χ3v) is 6.20. The predicted molar refractivity (Wildman–Crippen MR) is 112 cm³/mol. The monoisotopic (exact) mass is 395 g/mol. The molecule has 1 aromatic rings. The predicted octanol–water partition coefficient (Wildman–Crippen LogP) is 5.49. The van der Waals surface area contributed by atoms with Crippen LogP contribution in [0.15, 0.2) is 36.9 Å². The molecule has 2 rings (SSSR count). The van der Waals surface area contributed by atoms with Crippen molar-refractivity contribution >= 4 is 29.3 Å². The van der Waals surface area contributed by atoms with Crippen LogP contribution in [0, 0.1) is 0 Å². The zero-order valence-corrected chi connectivity index (χ0v) is 17.8. The summed E-state index contributed by atoms with van der Waals surface area (Å²) in [4.78, 5) is 15.3. The number of hydrogen-bond acceptors (Lipinski definition) is 3. The van der Waals surface area contributed by atoms with Gasteiger partial charge in [-0.3, -0.25) is 4.79 Å². The molecule has 1 heterocycles. The van der Waals surface area contributed by atoms with E-state index in [4.69, 9.17) is 16.3 Å². The fourth-order valence-electron chi connectivity index (χ4n) is 3.12. The summed E-state index contributed by atoms with van der Waals surface area (Å²) >= 11 is 7.94. The molecule has 1 aliphatic rings. The first-order chi connectivity index (χ1) is 12.3. The number of carbonyl (C=O) groups excluding carboxylic acids is 1. The van der Waals surface area contributed by atoms with Crippen molar-refractivity contribution in [1.82, 2.24) is 4.90 Å². The third-order valence-electron chi connectivity index (χ3n) is 4.53. The number of amides is 1. The number of carbonyl (C=O) groups is 1. The normalized spacial score (nSPS) is 22.3. The summed E-state index contributed by atoms with van der Waals surface area (Å²) in [7, 11) is 0. The fraction of sp³-hybridized carbons (Fsp3) is 0.571. The highest BCUT2D eigenvalue weighted by Crippen LogP contribution is 2.34. The van der Waals surface area contributed by atoms with E-state index in [-0.39, 0.29) is 22.7 Å². The molecule has 1 fully saturated rings. The van der Waals surface area contributed by atoms with Crippen molar-refractivity contribution in [3.8, 4) is 0 Å². The summed E-state index contributed by atoms with van der Waals surface area (Å²) in [5.74, 6) is 0.980. The van der Waals surface area contributed by atoms with Crippen molar-refractivity contribution in [3.05, 3.63) is 47.5 Å². The maximum absolute atomic E-state index is 13.2. The van der Waals surface area contributed by atoms with Crippen molar-refractivity contribution in [2.75, 3.05) is 12.4 Å². The molecule has 3 nitrogen and oxygen atoms in total. The Hall–Kier alpha value is -0.970. The van der Waals surface area contributed by atoms with E-state index in [0.29, 0.717) is 18.1 Å². The molecular weight excluding hydrogens is 366 g/mol. The van der Waals surface area contributed by atoms with E-state index < -0.39 is 6.10 Å². The van der Waals surface area contributed by atoms with Crippen LogP contribution in [0.5, 0.6) is 0 Å². The molecular formula is C21H30ClNO2S. The fourth-order valence-corrected chi connectivity index (χ4v) is 4.33. The van der Waals surface area contributed by atoms with Crippen LogP contribution in [0.4, 0.5) is 0 Å². The van der Waals surface area contributed by atoms with Crippen LogP contribution in [0.3, 0.4) is 0 Å². The maximum atomic E-state index is 13.2. The lowest BCUT2D eigenvalue weighted by Crippen LogP contribution is -2.54. The van der Waals surface area contributed by atoms with Gasteiger partial charge in [-0.25, -0.2) is 0 Å². The minimum atomic E-state index is -0.426. The highest BCUT2D eigenvalue weighted by Gasteiger charge is 2.40. The molecule has 0 spiro atoms. The summed E-state index contributed by atoms with van der Waals surface area (Å²) in [6.45, 7) is 13.1. The highest BCUT2D eigenvalue weighted by atomic mass is 35.5. The maximum Gasteiger partial charge on any atom is 0.252 e. The van der Waals surface area contributed by atoms with E-state index >= 15 is 0 Å². The molecule has 0 bridgehead atoms. The summed E-state index contributed by atoms with van der Waals surface area (Å²) in [5, 5.41) is 0.697. The van der Waals surface area contributed by atoms with E-state index in [1.165, 1.54) is 0 Å². The lowest BCUT2D eigenvalue weighted by molar-refractivity contribution is -0.163. The second-order valence-corrected chi connectivity index (χ2v) is 9.93. The molecule has 5 heteroatoms. The second-order valence-electron chi connectivity index (χ2n) is 7.64. The van der Waals surface area contributed by atoms with Crippen molar-refractivity contribution < 1.29 is 9.53 Å². The van der Waals surface area contributed by atoms with Crippen LogP contribution in [-0.4, -0.2) is 40.1 Å². The van der Waals surface area contributed by atoms with Gasteiger partial charge in [0.15, 0.2) is 0 Å². The van der Waals surface area contributed by atoms with Crippen LogP contribution < -0.4 is 0 Å². The summed E-state index contributed by atoms with van der Waals surface area (Å²) in [5.41, 5.74) is 1.07. The third kappa shape index (κ3) is 5.51. The number of morpholine rings is 1. The van der Waals surface area contributed by atoms with E-state index in [1.54, 1.807) is 6.08 Å². The number of ether oxygens (including phenoxy) is 1. The Morgan fingerprint density at radius 2 is 2.04 bits per heavy atom. The van der Waals surface area contributed by atoms with Crippen LogP contribution in [0.1, 0.15) is 52.1 Å². The SMILES string of the molecule is C=CCC1OCC(c2ccc(Cl)cc2)N(C(CC)CSC(C)(C)C)C1=O. The molecule has 3 unspecified atom stereocenters. The van der Waals surface area contributed by atoms with Gasteiger partial charge in [0.25, 0.3) is 5.91 Å². The molecule has 1 aromatic carbocycles. The van der Waals surface area contributed by atoms with Crippen molar-refractivity contribution in [2.45, 2.75) is 63.5 Å². The average Bonchev–Trinajstić information content (AvgIpc) is 2.58. The van der Waals surface area contributed by atoms with Gasteiger partial charge in [0, 0.05) is 28.0 Å². The Bertz CT molecular complexity index is 611. The largest absolute Gasteiger partial charge is 0.366 e. The second kappa shape index (κ2) is 9.29. The number of rotatable bonds is 7. The van der Waals surface area contributed by atoms with Gasteiger partial charge in [0.1, 0.15) is 6.10 Å². The summed E-state index contributed by atoms with van der Waals surface area (Å²) in [6, 6.07) is 7.83. The Balaban J connectivity index is 2.30. The van der Waals surface area contributed by atoms with Gasteiger partial charge in [-0.2, -0.15) is 11.8 Å². The molecule has 0 N–H and O–H groups in total. The summed E-state index contributed by atoms with van der Waals surface area (Å²) < 4.78 is 6.06. The Labute approximate surface area is 167 Å². The van der Waals surface area contributed by atoms with Crippen LogP contribution in [0.25, 0.3) is 0 Å². The summed E-state index contributed by atoms with van der Waals surface area (Å²) in [6.07, 6.45) is 2.80. The van der Waals surface area contributed by atoms with E-state index in [1.807, 2.05) is 36.0 Å². The minimum Gasteiger partial charge on any atom is -0.366 e. The number of nitrogens with zero attached hydrogens (tertiary/aromatic N) is 1. The van der Waals surface area contributed by atoms with Crippen LogP contribution in [-0.2, 0) is 9.53 Å². The van der Waals surface area contributed by atoms with Crippen LogP contribution in [0.2, 0.25) is 5.02 Å². The quantitative estimate of drug-likeness (QED) is 0.571. The molecule has 0 aromatic heterocycles. The topological polar surface area (TPSA) is 29.5 Å². The Morgan fingerprint density at radius 3 is 2.58 bits per heavy atom. The first kappa shape index (κ1) is 21.3. The Kier molecular flexibility index (Phi) is 7.63. The molecule has 144 valence electrons. The van der Waals surface area contributed by atoms with E-state index in [0.717, 1.165) is 17.7 Å². The zero-order valence-electron chi connectivity index (χ0n) is 16.2. The minimum absolute atomic E-state index is 0.0671. The highest BCUT2D eigenvalue weighted by molar-refractivity contribution is 8.00. The van der Waals surface area contributed by atoms with Gasteiger partial charge in [-0.1, -0.05) is 57.5 Å². The zero-order chi connectivity index (χ0) is 19.3. The van der Waals surface area contributed by atoms with Gasteiger partial charge in [-0.15, -0.1) is 6.58 Å². The molecule has 0 radical (unpaired) electrons. The van der Waals surface area contributed by atoms with E-state index in [9.17, 15) is 4.79 Å². The molecule has 1 aliphatic heterocycles. The van der Waals surface area contributed by atoms with Gasteiger partial charge in [0.05, 0.1) is 12.6 Å². The number of thioether (sulfide) groups is 1. The lowest BCUT2D eigenvalue weighted by Gasteiger charge is -2.44. The standard InChI is InChI=1S/C21H30ClNO2S/c1-6-8-19-20(24)23(17(7-2)14-26-21(3,4)5)18(13-25-19)15-9-11-16(22)12-10-15/h6,9-12,17-19H,1,7-8,13-14H2,2-5H3. The van der Waals surface area contributed by atoms with Crippen molar-refractivity contribution in [3.63, 3.8) is 0 Å². The molecule has 3 atom stereocenters. The Morgan fingerprint density at radius 1 is 1.38 bits per heavy atom. The van der Waals surface area contributed by atoms with Gasteiger partial charge >= 0.3 is 0 Å². The molecule has 1 saturated heterocycles. The lowest BCUT2D eigenvalue weighted by atomic mass is 9.99. The average molecular weight is 396 g/mol. The molecule has 0 saturated carbocycles. The molecule has 26 heavy (non-hydrogen) atoms. The number of benzene rings is 1. The van der Waals surface area contributed by atoms with Gasteiger partial charge in [0.2, 0.25) is 0 Å². The van der Waals surface area contributed by atoms with Crippen LogP contribution >= 0.6 is 23.4 Å². The first-order valence-electron chi connectivity index (χ1n) is 9.21. The molecule has 0 aliphatic carbocycles. The van der Waals surface area contributed by atoms with Gasteiger partial charge < -0.3 is 9.64 Å². The van der Waals surface area contributed by atoms with E-state index in [2.05, 4.69) is 39.2 Å². The number of hydrogen-bond donors (Lipinski definition) is 0. The van der Waals surface area contributed by atoms with Crippen molar-refractivity contribution in [1.29, 1.82) is 0 Å². The molecule has 1 amide bonds. The smallest absolute Gasteiger partial charge is 0.252 e. The van der Waals surface area contributed by atoms with Crippen molar-refractivity contribution in [2.24, 2.45) is 0 Å². The number of halogens is 1. The van der Waals surface area contributed by atoms with Gasteiger partial charge in [-0.05, 0) is 24.1 Å². The first-order valence-corrected chi connectivity index (χ1v) is 10.6.